The molecule has 2 aromatic rings. The second kappa shape index (κ2) is 4.27. The number of anilines is 1. The SMILES string of the molecule is Cn1ccnc1CNc1ncc([N+](=O)[O-])s1. The zero-order valence-corrected chi connectivity index (χ0v) is 9.27. The molecule has 0 atom stereocenters. The topological polar surface area (TPSA) is 85.9 Å². The number of rotatable bonds is 4. The molecule has 0 aliphatic heterocycles. The van der Waals surface area contributed by atoms with Crippen molar-refractivity contribution in [2.75, 3.05) is 5.32 Å². The van der Waals surface area contributed by atoms with Gasteiger partial charge < -0.3 is 9.88 Å². The molecular weight excluding hydrogens is 230 g/mol. The maximum atomic E-state index is 10.4. The van der Waals surface area contributed by atoms with Crippen LogP contribution in [0.25, 0.3) is 0 Å². The van der Waals surface area contributed by atoms with Crippen molar-refractivity contribution in [1.29, 1.82) is 0 Å². The lowest BCUT2D eigenvalue weighted by atomic mass is 10.6. The van der Waals surface area contributed by atoms with Gasteiger partial charge in [0.1, 0.15) is 12.0 Å². The van der Waals surface area contributed by atoms with E-state index in [2.05, 4.69) is 15.3 Å². The summed E-state index contributed by atoms with van der Waals surface area (Å²) in [5.74, 6) is 0.845. The average Bonchev–Trinajstić information content (AvgIpc) is 2.83. The highest BCUT2D eigenvalue weighted by atomic mass is 32.1. The van der Waals surface area contributed by atoms with E-state index in [1.54, 1.807) is 6.20 Å². The van der Waals surface area contributed by atoms with E-state index in [9.17, 15) is 10.1 Å². The summed E-state index contributed by atoms with van der Waals surface area (Å²) >= 11 is 1.01. The Kier molecular flexibility index (Phi) is 2.82. The summed E-state index contributed by atoms with van der Waals surface area (Å²) in [4.78, 5) is 18.0. The second-order valence-corrected chi connectivity index (χ2v) is 4.08. The molecule has 0 bridgehead atoms. The fraction of sp³-hybridized carbons (Fsp3) is 0.250. The third-order valence-corrected chi connectivity index (χ3v) is 2.90. The molecule has 0 spiro atoms. The minimum absolute atomic E-state index is 0.0299. The molecule has 0 aliphatic carbocycles. The highest BCUT2D eigenvalue weighted by molar-refractivity contribution is 7.18. The van der Waals surface area contributed by atoms with Crippen LogP contribution in [-0.4, -0.2) is 19.5 Å². The zero-order chi connectivity index (χ0) is 11.5. The van der Waals surface area contributed by atoms with Gasteiger partial charge >= 0.3 is 5.00 Å². The Labute approximate surface area is 94.9 Å². The zero-order valence-electron chi connectivity index (χ0n) is 8.45. The standard InChI is InChI=1S/C8H9N5O2S/c1-12-3-2-9-6(12)4-10-8-11-5-7(16-8)13(14)15/h2-3,5H,4H2,1H3,(H,10,11). The lowest BCUT2D eigenvalue weighted by Gasteiger charge is -2.01. The van der Waals surface area contributed by atoms with E-state index in [0.717, 1.165) is 17.2 Å². The van der Waals surface area contributed by atoms with Crippen LogP contribution in [-0.2, 0) is 13.6 Å². The predicted molar refractivity (Wildman–Crippen MR) is 59.3 cm³/mol. The fourth-order valence-corrected chi connectivity index (χ4v) is 1.78. The average molecular weight is 239 g/mol. The van der Waals surface area contributed by atoms with Crippen LogP contribution in [0.3, 0.4) is 0 Å². The van der Waals surface area contributed by atoms with Crippen LogP contribution < -0.4 is 5.32 Å². The summed E-state index contributed by atoms with van der Waals surface area (Å²) in [6, 6.07) is 0. The number of nitrogens with one attached hydrogen (secondary N) is 1. The van der Waals surface area contributed by atoms with Crippen LogP contribution in [0.5, 0.6) is 0 Å². The van der Waals surface area contributed by atoms with Gasteiger partial charge in [0, 0.05) is 19.4 Å². The molecule has 84 valence electrons. The van der Waals surface area contributed by atoms with Crippen molar-refractivity contribution in [3.63, 3.8) is 0 Å². The van der Waals surface area contributed by atoms with E-state index in [-0.39, 0.29) is 5.00 Å². The molecule has 0 radical (unpaired) electrons. The van der Waals surface area contributed by atoms with Gasteiger partial charge in [-0.15, -0.1) is 0 Å². The Morgan fingerprint density at radius 1 is 1.62 bits per heavy atom. The van der Waals surface area contributed by atoms with Gasteiger partial charge in [-0.2, -0.15) is 0 Å². The monoisotopic (exact) mass is 239 g/mol. The first kappa shape index (κ1) is 10.6. The lowest BCUT2D eigenvalue weighted by Crippen LogP contribution is -2.05. The molecule has 2 heterocycles. The molecule has 0 amide bonds. The quantitative estimate of drug-likeness (QED) is 0.643. The van der Waals surface area contributed by atoms with Crippen molar-refractivity contribution in [3.8, 4) is 0 Å². The molecule has 0 saturated heterocycles. The van der Waals surface area contributed by atoms with Crippen LogP contribution in [0, 0.1) is 10.1 Å². The van der Waals surface area contributed by atoms with Crippen molar-refractivity contribution >= 4 is 21.5 Å². The molecule has 7 nitrogen and oxygen atoms in total. The van der Waals surface area contributed by atoms with Crippen LogP contribution in [0.2, 0.25) is 0 Å². The normalized spacial score (nSPS) is 10.3. The molecule has 1 N–H and O–H groups in total. The third kappa shape index (κ3) is 2.16. The summed E-state index contributed by atoms with van der Waals surface area (Å²) < 4.78 is 1.87. The van der Waals surface area contributed by atoms with E-state index in [1.807, 2.05) is 17.8 Å². The Balaban J connectivity index is 2.00. The van der Waals surface area contributed by atoms with Crippen molar-refractivity contribution in [2.45, 2.75) is 6.54 Å². The largest absolute Gasteiger partial charge is 0.354 e. The Morgan fingerprint density at radius 2 is 2.44 bits per heavy atom. The summed E-state index contributed by atoms with van der Waals surface area (Å²) in [6.45, 7) is 0.494. The van der Waals surface area contributed by atoms with Crippen LogP contribution in [0.4, 0.5) is 10.1 Å². The van der Waals surface area contributed by atoms with E-state index >= 15 is 0 Å². The highest BCUT2D eigenvalue weighted by Crippen LogP contribution is 2.25. The molecule has 0 fully saturated rings. The van der Waals surface area contributed by atoms with Crippen molar-refractivity contribution in [2.24, 2.45) is 7.05 Å². The molecule has 2 rings (SSSR count). The first-order chi connectivity index (χ1) is 7.66. The molecule has 16 heavy (non-hydrogen) atoms. The fourth-order valence-electron chi connectivity index (χ4n) is 1.15. The molecule has 8 heteroatoms. The molecule has 0 saturated carbocycles. The van der Waals surface area contributed by atoms with Gasteiger partial charge in [-0.3, -0.25) is 10.1 Å². The summed E-state index contributed by atoms with van der Waals surface area (Å²) in [5, 5.41) is 14.0. The van der Waals surface area contributed by atoms with Gasteiger partial charge in [-0.1, -0.05) is 0 Å². The van der Waals surface area contributed by atoms with Gasteiger partial charge in [-0.05, 0) is 11.3 Å². The van der Waals surface area contributed by atoms with Crippen LogP contribution in [0.15, 0.2) is 18.6 Å². The Bertz CT molecular complexity index is 506. The number of imidazole rings is 1. The van der Waals surface area contributed by atoms with Gasteiger partial charge in [-0.25, -0.2) is 9.97 Å². The van der Waals surface area contributed by atoms with E-state index in [0.29, 0.717) is 11.7 Å². The number of nitro groups is 1. The minimum atomic E-state index is -0.455. The second-order valence-electron chi connectivity index (χ2n) is 3.07. The van der Waals surface area contributed by atoms with Gasteiger partial charge in [0.25, 0.3) is 0 Å². The lowest BCUT2D eigenvalue weighted by molar-refractivity contribution is -0.380. The summed E-state index contributed by atoms with van der Waals surface area (Å²) in [5.41, 5.74) is 0. The third-order valence-electron chi connectivity index (χ3n) is 1.99. The van der Waals surface area contributed by atoms with Gasteiger partial charge in [0.15, 0.2) is 5.13 Å². The number of hydrogen-bond donors (Lipinski definition) is 1. The predicted octanol–water partition coefficient (Wildman–Crippen LogP) is 1.40. The molecule has 0 unspecified atom stereocenters. The Hall–Kier alpha value is -1.96. The number of nitrogens with zero attached hydrogens (tertiary/aromatic N) is 4. The maximum absolute atomic E-state index is 10.4. The number of aryl methyl sites for hydroxylation is 1. The van der Waals surface area contributed by atoms with Crippen molar-refractivity contribution < 1.29 is 4.92 Å². The molecular formula is C8H9N5O2S. The summed E-state index contributed by atoms with van der Waals surface area (Å²) in [6.07, 6.45) is 4.77. The number of thiazole rings is 1. The number of aromatic nitrogens is 3. The first-order valence-electron chi connectivity index (χ1n) is 4.47. The molecule has 2 aromatic heterocycles. The van der Waals surface area contributed by atoms with Crippen LogP contribution in [0.1, 0.15) is 5.82 Å². The minimum Gasteiger partial charge on any atom is -0.354 e. The van der Waals surface area contributed by atoms with Gasteiger partial charge in [0.2, 0.25) is 0 Å². The first-order valence-corrected chi connectivity index (χ1v) is 5.29. The van der Waals surface area contributed by atoms with E-state index in [4.69, 9.17) is 0 Å². The van der Waals surface area contributed by atoms with Crippen molar-refractivity contribution in [3.05, 3.63) is 34.5 Å². The highest BCUT2D eigenvalue weighted by Gasteiger charge is 2.11. The van der Waals surface area contributed by atoms with Gasteiger partial charge in [0.05, 0.1) is 11.5 Å². The molecule has 0 aromatic carbocycles. The number of hydrogen-bond acceptors (Lipinski definition) is 6. The van der Waals surface area contributed by atoms with E-state index in [1.165, 1.54) is 6.20 Å². The van der Waals surface area contributed by atoms with Crippen LogP contribution >= 0.6 is 11.3 Å². The maximum Gasteiger partial charge on any atom is 0.345 e. The smallest absolute Gasteiger partial charge is 0.345 e. The summed E-state index contributed by atoms with van der Waals surface area (Å²) in [7, 11) is 1.88. The van der Waals surface area contributed by atoms with Crippen molar-refractivity contribution in [1.82, 2.24) is 14.5 Å². The molecule has 0 aliphatic rings. The Morgan fingerprint density at radius 3 is 3.00 bits per heavy atom. The van der Waals surface area contributed by atoms with E-state index < -0.39 is 4.92 Å².